The van der Waals surface area contributed by atoms with Crippen LogP contribution in [-0.2, 0) is 4.79 Å². The Morgan fingerprint density at radius 3 is 2.72 bits per heavy atom. The number of aromatic nitrogens is 1. The molecule has 0 aliphatic carbocycles. The number of rotatable bonds is 2. The molecule has 130 valence electrons. The van der Waals surface area contributed by atoms with Crippen molar-refractivity contribution in [1.29, 1.82) is 0 Å². The van der Waals surface area contributed by atoms with Crippen molar-refractivity contribution < 1.29 is 23.7 Å². The Hall–Kier alpha value is -2.96. The summed E-state index contributed by atoms with van der Waals surface area (Å²) in [7, 11) is 1.54. The molecule has 0 bridgehead atoms. The predicted octanol–water partition coefficient (Wildman–Crippen LogP) is 1.90. The standard InChI is InChI=1S/C18H17NO6/c1-9-5-12-16(18(21)19-9)11(8-15(20)25-12)10-6-13(22-2)17-14(7-10)23-3-4-24-17/h5-7,11H,3-4,8H2,1-2H3,(H,19,21)/t11-/m0/s1. The number of hydrogen-bond acceptors (Lipinski definition) is 6. The number of ether oxygens (including phenoxy) is 4. The van der Waals surface area contributed by atoms with E-state index in [1.54, 1.807) is 25.1 Å². The minimum Gasteiger partial charge on any atom is -0.493 e. The van der Waals surface area contributed by atoms with Gasteiger partial charge in [-0.25, -0.2) is 0 Å². The lowest BCUT2D eigenvalue weighted by molar-refractivity contribution is -0.135. The van der Waals surface area contributed by atoms with Gasteiger partial charge in [-0.2, -0.15) is 0 Å². The third-order valence-electron chi connectivity index (χ3n) is 4.36. The fraction of sp³-hybridized carbons (Fsp3) is 0.333. The Balaban J connectivity index is 1.89. The summed E-state index contributed by atoms with van der Waals surface area (Å²) >= 11 is 0. The van der Waals surface area contributed by atoms with Gasteiger partial charge in [-0.1, -0.05) is 0 Å². The van der Waals surface area contributed by atoms with Crippen LogP contribution in [0, 0.1) is 6.92 Å². The molecule has 7 heteroatoms. The molecule has 0 amide bonds. The highest BCUT2D eigenvalue weighted by Gasteiger charge is 2.33. The van der Waals surface area contributed by atoms with Crippen LogP contribution in [0.25, 0.3) is 0 Å². The van der Waals surface area contributed by atoms with Gasteiger partial charge in [0.2, 0.25) is 5.75 Å². The predicted molar refractivity (Wildman–Crippen MR) is 87.9 cm³/mol. The summed E-state index contributed by atoms with van der Waals surface area (Å²) in [6, 6.07) is 5.24. The van der Waals surface area contributed by atoms with E-state index in [9.17, 15) is 9.59 Å². The second-order valence-corrected chi connectivity index (χ2v) is 6.04. The number of esters is 1. The van der Waals surface area contributed by atoms with Gasteiger partial charge in [0.05, 0.1) is 19.1 Å². The fourth-order valence-corrected chi connectivity index (χ4v) is 3.30. The number of fused-ring (bicyclic) bond motifs is 2. The Morgan fingerprint density at radius 1 is 1.12 bits per heavy atom. The van der Waals surface area contributed by atoms with Crippen molar-refractivity contribution in [2.24, 2.45) is 0 Å². The fourth-order valence-electron chi connectivity index (χ4n) is 3.30. The minimum atomic E-state index is -0.440. The molecule has 2 aromatic rings. The van der Waals surface area contributed by atoms with Gasteiger partial charge in [-0.3, -0.25) is 9.59 Å². The van der Waals surface area contributed by atoms with Crippen LogP contribution in [0.15, 0.2) is 23.0 Å². The van der Waals surface area contributed by atoms with E-state index in [2.05, 4.69) is 4.98 Å². The van der Waals surface area contributed by atoms with Gasteiger partial charge in [0.1, 0.15) is 19.0 Å². The molecule has 1 aromatic carbocycles. The number of nitrogens with one attached hydrogen (secondary N) is 1. The van der Waals surface area contributed by atoms with Gasteiger partial charge in [-0.05, 0) is 24.6 Å². The number of carbonyl (C=O) groups is 1. The van der Waals surface area contributed by atoms with Gasteiger partial charge in [-0.15, -0.1) is 0 Å². The van der Waals surface area contributed by atoms with Crippen LogP contribution in [0.1, 0.15) is 29.2 Å². The van der Waals surface area contributed by atoms with Gasteiger partial charge in [0, 0.05) is 17.7 Å². The summed E-state index contributed by atoms with van der Waals surface area (Å²) in [6.07, 6.45) is 0.0714. The molecule has 3 heterocycles. The average molecular weight is 343 g/mol. The molecular formula is C18H17NO6. The molecule has 2 aliphatic heterocycles. The SMILES string of the molecule is COc1cc([C@@H]2CC(=O)Oc3cc(C)[nH]c(=O)c32)cc2c1OCCO2. The maximum absolute atomic E-state index is 12.5. The number of pyridine rings is 1. The van der Waals surface area contributed by atoms with Crippen molar-refractivity contribution in [3.8, 4) is 23.0 Å². The molecule has 0 radical (unpaired) electrons. The largest absolute Gasteiger partial charge is 0.493 e. The molecular weight excluding hydrogens is 326 g/mol. The van der Waals surface area contributed by atoms with Crippen molar-refractivity contribution >= 4 is 5.97 Å². The molecule has 0 saturated heterocycles. The number of H-pyrrole nitrogens is 1. The molecule has 0 spiro atoms. The van der Waals surface area contributed by atoms with Crippen LogP contribution >= 0.6 is 0 Å². The first kappa shape index (κ1) is 15.6. The number of aromatic amines is 1. The Bertz CT molecular complexity index is 899. The molecule has 1 N–H and O–H groups in total. The lowest BCUT2D eigenvalue weighted by atomic mass is 9.86. The molecule has 25 heavy (non-hydrogen) atoms. The summed E-state index contributed by atoms with van der Waals surface area (Å²) in [4.78, 5) is 27.3. The second kappa shape index (κ2) is 5.84. The number of carbonyl (C=O) groups excluding carboxylic acids is 1. The molecule has 1 aromatic heterocycles. The van der Waals surface area contributed by atoms with Crippen molar-refractivity contribution in [2.45, 2.75) is 19.3 Å². The van der Waals surface area contributed by atoms with E-state index >= 15 is 0 Å². The molecule has 2 aliphatic rings. The van der Waals surface area contributed by atoms with E-state index in [0.29, 0.717) is 47.5 Å². The van der Waals surface area contributed by atoms with Crippen molar-refractivity contribution in [2.75, 3.05) is 20.3 Å². The maximum atomic E-state index is 12.5. The van der Waals surface area contributed by atoms with E-state index in [-0.39, 0.29) is 17.9 Å². The first-order chi connectivity index (χ1) is 12.1. The summed E-state index contributed by atoms with van der Waals surface area (Å²) in [5, 5.41) is 0. The topological polar surface area (TPSA) is 86.9 Å². The first-order valence-electron chi connectivity index (χ1n) is 7.99. The molecule has 0 unspecified atom stereocenters. The molecule has 1 atom stereocenters. The molecule has 4 rings (SSSR count). The Labute approximate surface area is 143 Å². The van der Waals surface area contributed by atoms with Gasteiger partial charge in [0.15, 0.2) is 11.5 Å². The summed E-state index contributed by atoms with van der Waals surface area (Å²) in [5.41, 5.74) is 1.55. The van der Waals surface area contributed by atoms with Crippen LogP contribution in [-0.4, -0.2) is 31.3 Å². The summed E-state index contributed by atoms with van der Waals surface area (Å²) in [5.74, 6) is 1.08. The average Bonchev–Trinajstić information content (AvgIpc) is 2.59. The third kappa shape index (κ3) is 2.61. The molecule has 0 saturated carbocycles. The van der Waals surface area contributed by atoms with Crippen LogP contribution in [0.4, 0.5) is 0 Å². The minimum absolute atomic E-state index is 0.0714. The van der Waals surface area contributed by atoms with Crippen molar-refractivity contribution in [1.82, 2.24) is 4.98 Å². The van der Waals surface area contributed by atoms with E-state index in [0.717, 1.165) is 5.56 Å². The Kier molecular flexibility index (Phi) is 3.63. The van der Waals surface area contributed by atoms with Crippen molar-refractivity contribution in [3.63, 3.8) is 0 Å². The normalized spacial score (nSPS) is 18.3. The highest BCUT2D eigenvalue weighted by Crippen LogP contribution is 2.45. The van der Waals surface area contributed by atoms with Crippen LogP contribution in [0.2, 0.25) is 0 Å². The second-order valence-electron chi connectivity index (χ2n) is 6.04. The van der Waals surface area contributed by atoms with Crippen molar-refractivity contribution in [3.05, 3.63) is 45.4 Å². The summed E-state index contributed by atoms with van der Waals surface area (Å²) < 4.78 is 21.9. The zero-order valence-corrected chi connectivity index (χ0v) is 13.9. The molecule has 7 nitrogen and oxygen atoms in total. The highest BCUT2D eigenvalue weighted by atomic mass is 16.6. The number of hydrogen-bond donors (Lipinski definition) is 1. The zero-order chi connectivity index (χ0) is 17.6. The number of aryl methyl sites for hydroxylation is 1. The molecule has 0 fully saturated rings. The zero-order valence-electron chi connectivity index (χ0n) is 13.9. The Morgan fingerprint density at radius 2 is 1.92 bits per heavy atom. The van der Waals surface area contributed by atoms with Gasteiger partial charge in [0.25, 0.3) is 5.56 Å². The van der Waals surface area contributed by atoms with E-state index in [1.807, 2.05) is 0 Å². The first-order valence-corrected chi connectivity index (χ1v) is 7.99. The van der Waals surface area contributed by atoms with Crippen LogP contribution in [0.5, 0.6) is 23.0 Å². The highest BCUT2D eigenvalue weighted by molar-refractivity contribution is 5.78. The maximum Gasteiger partial charge on any atom is 0.312 e. The van der Waals surface area contributed by atoms with E-state index in [1.165, 1.54) is 7.11 Å². The van der Waals surface area contributed by atoms with E-state index < -0.39 is 5.92 Å². The van der Waals surface area contributed by atoms with E-state index in [4.69, 9.17) is 18.9 Å². The smallest absolute Gasteiger partial charge is 0.312 e. The third-order valence-corrected chi connectivity index (χ3v) is 4.36. The number of methoxy groups -OCH3 is 1. The number of benzene rings is 1. The quantitative estimate of drug-likeness (QED) is 0.838. The van der Waals surface area contributed by atoms with Gasteiger partial charge >= 0.3 is 5.97 Å². The summed E-state index contributed by atoms with van der Waals surface area (Å²) in [6.45, 7) is 2.62. The van der Waals surface area contributed by atoms with Crippen LogP contribution < -0.4 is 24.5 Å². The monoisotopic (exact) mass is 343 g/mol. The van der Waals surface area contributed by atoms with Gasteiger partial charge < -0.3 is 23.9 Å². The lowest BCUT2D eigenvalue weighted by Crippen LogP contribution is -2.28. The van der Waals surface area contributed by atoms with Crippen LogP contribution in [0.3, 0.4) is 0 Å². The lowest BCUT2D eigenvalue weighted by Gasteiger charge is -2.27.